The Morgan fingerprint density at radius 3 is 2.34 bits per heavy atom. The number of benzene rings is 3. The first-order chi connectivity index (χ1) is 18.5. The van der Waals surface area contributed by atoms with Gasteiger partial charge in [0.15, 0.2) is 0 Å². The SMILES string of the molecule is Cc1ccccc1C1c2ccsc2CCN1C(C)C(=O)N1CCN(C(=O)c2cccc3ccccc23)CC1. The Labute approximate surface area is 228 Å². The molecule has 0 aliphatic carbocycles. The molecular formula is C32H33N3O2S. The molecule has 6 heteroatoms. The average molecular weight is 524 g/mol. The summed E-state index contributed by atoms with van der Waals surface area (Å²) in [6, 6.07) is 24.5. The van der Waals surface area contributed by atoms with Gasteiger partial charge in [-0.3, -0.25) is 14.5 Å². The third-order valence-corrected chi connectivity index (χ3v) is 9.24. The molecule has 2 aliphatic heterocycles. The topological polar surface area (TPSA) is 43.9 Å². The van der Waals surface area contributed by atoms with Crippen molar-refractivity contribution in [2.45, 2.75) is 32.4 Å². The van der Waals surface area contributed by atoms with Crippen LogP contribution in [-0.4, -0.2) is 65.3 Å². The number of carbonyl (C=O) groups excluding carboxylic acids is 2. The smallest absolute Gasteiger partial charge is 0.254 e. The molecule has 4 aromatic rings. The van der Waals surface area contributed by atoms with Gasteiger partial charge in [-0.25, -0.2) is 0 Å². The van der Waals surface area contributed by atoms with Crippen LogP contribution in [0, 0.1) is 6.92 Å². The third-order valence-electron chi connectivity index (χ3n) is 8.24. The van der Waals surface area contributed by atoms with Gasteiger partial charge in [0.2, 0.25) is 5.91 Å². The lowest BCUT2D eigenvalue weighted by Crippen LogP contribution is -2.56. The lowest BCUT2D eigenvalue weighted by atomic mass is 9.89. The first-order valence-corrected chi connectivity index (χ1v) is 14.3. The fourth-order valence-electron chi connectivity index (χ4n) is 6.11. The van der Waals surface area contributed by atoms with Crippen molar-refractivity contribution in [1.82, 2.24) is 14.7 Å². The summed E-state index contributed by atoms with van der Waals surface area (Å²) < 4.78 is 0. The molecule has 5 nitrogen and oxygen atoms in total. The highest BCUT2D eigenvalue weighted by molar-refractivity contribution is 7.10. The normalized spacial score (nSPS) is 18.8. The molecule has 1 fully saturated rings. The van der Waals surface area contributed by atoms with Crippen LogP contribution in [0.25, 0.3) is 10.8 Å². The minimum Gasteiger partial charge on any atom is -0.338 e. The molecule has 1 saturated heterocycles. The molecule has 0 N–H and O–H groups in total. The molecule has 1 aromatic heterocycles. The average Bonchev–Trinajstić information content (AvgIpc) is 3.45. The van der Waals surface area contributed by atoms with E-state index in [0.717, 1.165) is 29.3 Å². The summed E-state index contributed by atoms with van der Waals surface area (Å²) in [6.07, 6.45) is 0.973. The van der Waals surface area contributed by atoms with Crippen molar-refractivity contribution in [2.24, 2.45) is 0 Å². The second kappa shape index (κ2) is 10.4. The maximum Gasteiger partial charge on any atom is 0.254 e. The van der Waals surface area contributed by atoms with Gasteiger partial charge in [-0.05, 0) is 65.2 Å². The van der Waals surface area contributed by atoms with Crippen LogP contribution in [0.3, 0.4) is 0 Å². The number of fused-ring (bicyclic) bond motifs is 2. The van der Waals surface area contributed by atoms with Crippen molar-refractivity contribution >= 4 is 33.9 Å². The molecule has 2 aliphatic rings. The van der Waals surface area contributed by atoms with Gasteiger partial charge in [0.05, 0.1) is 12.1 Å². The number of piperazine rings is 1. The van der Waals surface area contributed by atoms with Gasteiger partial charge in [0, 0.05) is 43.2 Å². The molecule has 38 heavy (non-hydrogen) atoms. The molecule has 3 heterocycles. The monoisotopic (exact) mass is 523 g/mol. The van der Waals surface area contributed by atoms with Crippen molar-refractivity contribution in [3.8, 4) is 0 Å². The Hall–Kier alpha value is -3.48. The van der Waals surface area contributed by atoms with E-state index in [1.807, 2.05) is 63.6 Å². The minimum absolute atomic E-state index is 0.0441. The largest absolute Gasteiger partial charge is 0.338 e. The summed E-state index contributed by atoms with van der Waals surface area (Å²) >= 11 is 1.82. The first-order valence-electron chi connectivity index (χ1n) is 13.5. The number of hydrogen-bond donors (Lipinski definition) is 0. The number of carbonyl (C=O) groups is 2. The summed E-state index contributed by atoms with van der Waals surface area (Å²) in [4.78, 5) is 34.9. The summed E-state index contributed by atoms with van der Waals surface area (Å²) in [5, 5.41) is 4.23. The standard InChI is InChI=1S/C32H33N3O2S/c1-22-8-3-5-11-25(22)30-28-15-21-38-29(28)14-16-35(30)23(2)31(36)33-17-19-34(20-18-33)32(37)27-13-7-10-24-9-4-6-12-26(24)27/h3-13,15,21,23,30H,14,16-20H2,1-2H3. The number of aryl methyl sites for hydroxylation is 1. The molecule has 0 saturated carbocycles. The molecule has 2 unspecified atom stereocenters. The van der Waals surface area contributed by atoms with Crippen LogP contribution < -0.4 is 0 Å². The van der Waals surface area contributed by atoms with E-state index in [-0.39, 0.29) is 23.9 Å². The van der Waals surface area contributed by atoms with Gasteiger partial charge < -0.3 is 9.80 Å². The Balaban J connectivity index is 1.18. The first kappa shape index (κ1) is 24.8. The zero-order valence-corrected chi connectivity index (χ0v) is 22.8. The molecule has 0 spiro atoms. The van der Waals surface area contributed by atoms with Crippen LogP contribution in [0.2, 0.25) is 0 Å². The van der Waals surface area contributed by atoms with Gasteiger partial charge in [0.1, 0.15) is 0 Å². The highest BCUT2D eigenvalue weighted by Crippen LogP contribution is 2.40. The van der Waals surface area contributed by atoms with Crippen LogP contribution in [0.4, 0.5) is 0 Å². The molecule has 2 atom stereocenters. The predicted octanol–water partition coefficient (Wildman–Crippen LogP) is 5.53. The highest BCUT2D eigenvalue weighted by Gasteiger charge is 2.38. The van der Waals surface area contributed by atoms with Crippen molar-refractivity contribution in [2.75, 3.05) is 32.7 Å². The minimum atomic E-state index is -0.243. The fraction of sp³-hybridized carbons (Fsp3) is 0.312. The molecule has 194 valence electrons. The summed E-state index contributed by atoms with van der Waals surface area (Å²) in [5.41, 5.74) is 4.59. The van der Waals surface area contributed by atoms with Gasteiger partial charge in [-0.15, -0.1) is 11.3 Å². The summed E-state index contributed by atoms with van der Waals surface area (Å²) in [6.45, 7) is 7.30. The summed E-state index contributed by atoms with van der Waals surface area (Å²) in [5.74, 6) is 0.196. The Morgan fingerprint density at radius 1 is 0.816 bits per heavy atom. The zero-order valence-electron chi connectivity index (χ0n) is 22.0. The van der Waals surface area contributed by atoms with Crippen molar-refractivity contribution in [3.05, 3.63) is 105 Å². The number of amides is 2. The van der Waals surface area contributed by atoms with Crippen LogP contribution in [0.15, 0.2) is 78.2 Å². The second-order valence-corrected chi connectivity index (χ2v) is 11.4. The quantitative estimate of drug-likeness (QED) is 0.353. The maximum atomic E-state index is 13.8. The van der Waals surface area contributed by atoms with Gasteiger partial charge in [-0.1, -0.05) is 60.7 Å². The van der Waals surface area contributed by atoms with Crippen LogP contribution in [-0.2, 0) is 11.2 Å². The Bertz CT molecular complexity index is 1480. The number of nitrogens with zero attached hydrogens (tertiary/aromatic N) is 3. The summed E-state index contributed by atoms with van der Waals surface area (Å²) in [7, 11) is 0. The Kier molecular flexibility index (Phi) is 6.76. The highest BCUT2D eigenvalue weighted by atomic mass is 32.1. The van der Waals surface area contributed by atoms with E-state index in [9.17, 15) is 9.59 Å². The molecule has 0 radical (unpaired) electrons. The van der Waals surface area contributed by atoms with Gasteiger partial charge >= 0.3 is 0 Å². The van der Waals surface area contributed by atoms with Crippen LogP contribution >= 0.6 is 11.3 Å². The number of thiophene rings is 1. The van der Waals surface area contributed by atoms with E-state index >= 15 is 0 Å². The fourth-order valence-corrected chi connectivity index (χ4v) is 7.01. The maximum absolute atomic E-state index is 13.8. The zero-order chi connectivity index (χ0) is 26.2. The molecule has 0 bridgehead atoms. The van der Waals surface area contributed by atoms with E-state index in [0.29, 0.717) is 26.2 Å². The van der Waals surface area contributed by atoms with Gasteiger partial charge in [-0.2, -0.15) is 0 Å². The molecular weight excluding hydrogens is 490 g/mol. The third kappa shape index (κ3) is 4.42. The van der Waals surface area contributed by atoms with E-state index in [1.54, 1.807) is 0 Å². The van der Waals surface area contributed by atoms with Crippen molar-refractivity contribution in [1.29, 1.82) is 0 Å². The lowest BCUT2D eigenvalue weighted by molar-refractivity contribution is -0.138. The van der Waals surface area contributed by atoms with Crippen LogP contribution in [0.5, 0.6) is 0 Å². The van der Waals surface area contributed by atoms with E-state index < -0.39 is 0 Å². The molecule has 6 rings (SSSR count). The van der Waals surface area contributed by atoms with Crippen molar-refractivity contribution in [3.63, 3.8) is 0 Å². The van der Waals surface area contributed by atoms with E-state index in [4.69, 9.17) is 0 Å². The predicted molar refractivity (Wildman–Crippen MR) is 154 cm³/mol. The van der Waals surface area contributed by atoms with E-state index in [1.165, 1.54) is 21.6 Å². The van der Waals surface area contributed by atoms with Crippen molar-refractivity contribution < 1.29 is 9.59 Å². The van der Waals surface area contributed by atoms with Gasteiger partial charge in [0.25, 0.3) is 5.91 Å². The second-order valence-electron chi connectivity index (χ2n) is 10.4. The van der Waals surface area contributed by atoms with E-state index in [2.05, 4.69) is 54.5 Å². The van der Waals surface area contributed by atoms with Crippen LogP contribution in [0.1, 0.15) is 44.9 Å². The molecule has 3 aromatic carbocycles. The number of rotatable bonds is 4. The lowest BCUT2D eigenvalue weighted by Gasteiger charge is -2.43. The molecule has 2 amide bonds. The number of hydrogen-bond acceptors (Lipinski definition) is 4. The Morgan fingerprint density at radius 2 is 1.53 bits per heavy atom.